The molecule has 0 bridgehead atoms. The quantitative estimate of drug-likeness (QED) is 0.687. The lowest BCUT2D eigenvalue weighted by atomic mass is 9.98. The molecule has 134 valence electrons. The van der Waals surface area contributed by atoms with E-state index in [9.17, 15) is 9.59 Å². The molecule has 0 fully saturated rings. The fourth-order valence-corrected chi connectivity index (χ4v) is 2.83. The first kappa shape index (κ1) is 17.6. The molecule has 0 radical (unpaired) electrons. The zero-order valence-corrected chi connectivity index (χ0v) is 14.6. The standard InChI is InChI=1S/C19H20N4O3/c1-23(2)16(15-9-5-7-13-6-3-4-8-14(13)15)12-20-18(24)19(25)21-17-10-11-26-22-17/h3-11,16H,12H2,1-2H3,(H,20,24)(H,21,22,25). The molecule has 7 heteroatoms. The van der Waals surface area contributed by atoms with Crippen molar-refractivity contribution in [3.05, 3.63) is 60.4 Å². The topological polar surface area (TPSA) is 87.5 Å². The number of fused-ring (bicyclic) bond motifs is 1. The van der Waals surface area contributed by atoms with Crippen LogP contribution in [0.2, 0.25) is 0 Å². The minimum absolute atomic E-state index is 0.0788. The molecular weight excluding hydrogens is 332 g/mol. The van der Waals surface area contributed by atoms with Crippen LogP contribution in [0.15, 0.2) is 59.3 Å². The lowest BCUT2D eigenvalue weighted by molar-refractivity contribution is -0.136. The summed E-state index contributed by atoms with van der Waals surface area (Å²) in [6.45, 7) is 0.298. The number of amides is 2. The van der Waals surface area contributed by atoms with Gasteiger partial charge in [-0.2, -0.15) is 0 Å². The predicted molar refractivity (Wildman–Crippen MR) is 98.5 cm³/mol. The first-order chi connectivity index (χ1) is 12.6. The Kier molecular flexibility index (Phi) is 5.28. The summed E-state index contributed by atoms with van der Waals surface area (Å²) in [6.07, 6.45) is 1.32. The third kappa shape index (κ3) is 3.89. The number of aromatic nitrogens is 1. The number of likely N-dealkylation sites (N-methyl/N-ethyl adjacent to an activating group) is 1. The molecule has 26 heavy (non-hydrogen) atoms. The highest BCUT2D eigenvalue weighted by Gasteiger charge is 2.20. The zero-order valence-electron chi connectivity index (χ0n) is 14.6. The SMILES string of the molecule is CN(C)C(CNC(=O)C(=O)Nc1ccon1)c1cccc2ccccc12. The molecule has 0 saturated heterocycles. The first-order valence-corrected chi connectivity index (χ1v) is 8.20. The van der Waals surface area contributed by atoms with Crippen molar-refractivity contribution in [1.29, 1.82) is 0 Å². The van der Waals surface area contributed by atoms with Crippen molar-refractivity contribution in [3.63, 3.8) is 0 Å². The van der Waals surface area contributed by atoms with E-state index in [2.05, 4.69) is 38.5 Å². The molecule has 7 nitrogen and oxygen atoms in total. The van der Waals surface area contributed by atoms with Crippen LogP contribution in [0.5, 0.6) is 0 Å². The van der Waals surface area contributed by atoms with Crippen LogP contribution in [0.1, 0.15) is 11.6 Å². The maximum atomic E-state index is 12.1. The molecule has 2 aromatic carbocycles. The number of nitrogens with one attached hydrogen (secondary N) is 2. The van der Waals surface area contributed by atoms with Gasteiger partial charge in [0.05, 0.1) is 6.04 Å². The van der Waals surface area contributed by atoms with E-state index < -0.39 is 11.8 Å². The highest BCUT2D eigenvalue weighted by atomic mass is 16.5. The monoisotopic (exact) mass is 352 g/mol. The summed E-state index contributed by atoms with van der Waals surface area (Å²) in [5.74, 6) is -1.31. The molecular formula is C19H20N4O3. The van der Waals surface area contributed by atoms with Crippen LogP contribution in [-0.4, -0.2) is 42.5 Å². The fourth-order valence-electron chi connectivity index (χ4n) is 2.83. The molecule has 2 amide bonds. The lowest BCUT2D eigenvalue weighted by Crippen LogP contribution is -2.40. The normalized spacial score (nSPS) is 12.1. The number of carbonyl (C=O) groups excluding carboxylic acids is 2. The summed E-state index contributed by atoms with van der Waals surface area (Å²) >= 11 is 0. The average Bonchev–Trinajstić information content (AvgIpc) is 3.14. The van der Waals surface area contributed by atoms with Gasteiger partial charge in [-0.15, -0.1) is 0 Å². The second-order valence-electron chi connectivity index (χ2n) is 6.10. The summed E-state index contributed by atoms with van der Waals surface area (Å²) < 4.78 is 4.62. The maximum absolute atomic E-state index is 12.1. The Bertz CT molecular complexity index is 901. The Hall–Kier alpha value is -3.19. The van der Waals surface area contributed by atoms with E-state index in [4.69, 9.17) is 0 Å². The van der Waals surface area contributed by atoms with Gasteiger partial charge in [0.25, 0.3) is 0 Å². The average molecular weight is 352 g/mol. The number of hydrogen-bond donors (Lipinski definition) is 2. The first-order valence-electron chi connectivity index (χ1n) is 8.20. The largest absolute Gasteiger partial charge is 0.363 e. The summed E-state index contributed by atoms with van der Waals surface area (Å²) in [5.41, 5.74) is 1.09. The lowest BCUT2D eigenvalue weighted by Gasteiger charge is -2.26. The van der Waals surface area contributed by atoms with Gasteiger partial charge in [0.15, 0.2) is 5.82 Å². The second-order valence-corrected chi connectivity index (χ2v) is 6.10. The third-order valence-electron chi connectivity index (χ3n) is 4.15. The van der Waals surface area contributed by atoms with E-state index in [0.29, 0.717) is 6.54 Å². The van der Waals surface area contributed by atoms with Crippen molar-refractivity contribution >= 4 is 28.4 Å². The van der Waals surface area contributed by atoms with E-state index in [1.54, 1.807) is 0 Å². The van der Waals surface area contributed by atoms with Gasteiger partial charge in [-0.1, -0.05) is 47.6 Å². The van der Waals surface area contributed by atoms with E-state index in [-0.39, 0.29) is 11.9 Å². The molecule has 1 heterocycles. The highest BCUT2D eigenvalue weighted by Crippen LogP contribution is 2.26. The third-order valence-corrected chi connectivity index (χ3v) is 4.15. The number of carbonyl (C=O) groups is 2. The Morgan fingerprint density at radius 2 is 1.85 bits per heavy atom. The number of hydrogen-bond acceptors (Lipinski definition) is 5. The van der Waals surface area contributed by atoms with Crippen LogP contribution < -0.4 is 10.6 Å². The van der Waals surface area contributed by atoms with Crippen LogP contribution in [0, 0.1) is 0 Å². The number of rotatable bonds is 5. The van der Waals surface area contributed by atoms with E-state index in [1.165, 1.54) is 12.3 Å². The summed E-state index contributed by atoms with van der Waals surface area (Å²) in [4.78, 5) is 26.0. The van der Waals surface area contributed by atoms with Crippen molar-refractivity contribution in [3.8, 4) is 0 Å². The van der Waals surface area contributed by atoms with Crippen molar-refractivity contribution in [2.75, 3.05) is 26.0 Å². The Morgan fingerprint density at radius 1 is 1.08 bits per heavy atom. The zero-order chi connectivity index (χ0) is 18.5. The van der Waals surface area contributed by atoms with Gasteiger partial charge in [0.2, 0.25) is 0 Å². The van der Waals surface area contributed by atoms with Gasteiger partial charge in [0, 0.05) is 12.6 Å². The number of benzene rings is 2. The molecule has 1 unspecified atom stereocenters. The Balaban J connectivity index is 1.72. The van der Waals surface area contributed by atoms with Crippen molar-refractivity contribution < 1.29 is 14.1 Å². The van der Waals surface area contributed by atoms with Crippen LogP contribution >= 0.6 is 0 Å². The van der Waals surface area contributed by atoms with Gasteiger partial charge in [-0.25, -0.2) is 0 Å². The van der Waals surface area contributed by atoms with Crippen molar-refractivity contribution in [2.24, 2.45) is 0 Å². The molecule has 1 aromatic heterocycles. The van der Waals surface area contributed by atoms with Crippen LogP contribution in [-0.2, 0) is 9.59 Å². The maximum Gasteiger partial charge on any atom is 0.314 e. The molecule has 3 rings (SSSR count). The van der Waals surface area contributed by atoms with Gasteiger partial charge < -0.3 is 14.7 Å². The van der Waals surface area contributed by atoms with Crippen LogP contribution in [0.4, 0.5) is 5.82 Å². The van der Waals surface area contributed by atoms with Gasteiger partial charge in [-0.05, 0) is 30.4 Å². The number of nitrogens with zero attached hydrogens (tertiary/aromatic N) is 2. The fraction of sp³-hybridized carbons (Fsp3) is 0.211. The second kappa shape index (κ2) is 7.79. The smallest absolute Gasteiger partial charge is 0.314 e. The summed E-state index contributed by atoms with van der Waals surface area (Å²) in [5, 5.41) is 10.9. The number of anilines is 1. The summed E-state index contributed by atoms with van der Waals surface area (Å²) in [7, 11) is 3.88. The molecule has 2 N–H and O–H groups in total. The Labute approximate surface area is 151 Å². The molecule has 0 aliphatic carbocycles. The van der Waals surface area contributed by atoms with Crippen molar-refractivity contribution in [1.82, 2.24) is 15.4 Å². The molecule has 0 saturated carbocycles. The highest BCUT2D eigenvalue weighted by molar-refractivity contribution is 6.39. The van der Waals surface area contributed by atoms with Crippen LogP contribution in [0.3, 0.4) is 0 Å². The minimum Gasteiger partial charge on any atom is -0.363 e. The van der Waals surface area contributed by atoms with E-state index in [1.807, 2.05) is 43.3 Å². The Morgan fingerprint density at radius 3 is 2.58 bits per heavy atom. The molecule has 0 aliphatic heterocycles. The van der Waals surface area contributed by atoms with E-state index in [0.717, 1.165) is 16.3 Å². The van der Waals surface area contributed by atoms with Gasteiger partial charge in [0.1, 0.15) is 6.26 Å². The molecule has 3 aromatic rings. The van der Waals surface area contributed by atoms with E-state index >= 15 is 0 Å². The van der Waals surface area contributed by atoms with Crippen LogP contribution in [0.25, 0.3) is 10.8 Å². The minimum atomic E-state index is -0.783. The van der Waals surface area contributed by atoms with Gasteiger partial charge >= 0.3 is 11.8 Å². The molecule has 0 aliphatic rings. The molecule has 0 spiro atoms. The van der Waals surface area contributed by atoms with Crippen molar-refractivity contribution in [2.45, 2.75) is 6.04 Å². The summed E-state index contributed by atoms with van der Waals surface area (Å²) in [6, 6.07) is 15.6. The predicted octanol–water partition coefficient (Wildman–Crippen LogP) is 2.19. The molecule has 1 atom stereocenters. The van der Waals surface area contributed by atoms with Gasteiger partial charge in [-0.3, -0.25) is 14.9 Å².